The molecule has 2 aliphatic rings. The molecule has 2 aliphatic heterocycles. The average molecular weight is 1290 g/mol. The van der Waals surface area contributed by atoms with E-state index in [0.717, 1.165) is 10.9 Å². The number of hydrogen-bond donors (Lipinski definition) is 4. The summed E-state index contributed by atoms with van der Waals surface area (Å²) in [6, 6.07) is 17.3. The second-order valence-electron chi connectivity index (χ2n) is 24.9. The molecule has 0 saturated carbocycles. The number of methoxy groups -OCH3 is 1. The Morgan fingerprint density at radius 2 is 1.48 bits per heavy atom. The number of alkyl halides is 1. The van der Waals surface area contributed by atoms with Gasteiger partial charge < -0.3 is 58.7 Å². The molecule has 4 N–H and O–H groups in total. The Morgan fingerprint density at radius 3 is 2.12 bits per heavy atom. The lowest BCUT2D eigenvalue weighted by molar-refractivity contribution is -0.142. The van der Waals surface area contributed by atoms with Gasteiger partial charge in [0.1, 0.15) is 37.2 Å². The highest BCUT2D eigenvalue weighted by molar-refractivity contribution is 7.49. The topological polar surface area (TPSA) is 274 Å². The summed E-state index contributed by atoms with van der Waals surface area (Å²) in [6.07, 6.45) is 3.33. The van der Waals surface area contributed by atoms with E-state index in [0.29, 0.717) is 80.4 Å². The first-order valence-corrected chi connectivity index (χ1v) is 32.3. The maximum atomic E-state index is 14.4. The minimum absolute atomic E-state index is 0.00500. The molecule has 4 aromatic carbocycles. The van der Waals surface area contributed by atoms with Crippen molar-refractivity contribution in [3.05, 3.63) is 96.1 Å². The van der Waals surface area contributed by atoms with Crippen LogP contribution >= 0.6 is 19.4 Å². The Morgan fingerprint density at radius 1 is 0.778 bits per heavy atom. The van der Waals surface area contributed by atoms with Crippen molar-refractivity contribution in [2.75, 3.05) is 68.0 Å². The lowest BCUT2D eigenvalue weighted by Gasteiger charge is -2.31. The molecule has 4 aromatic rings. The minimum atomic E-state index is -4.23. The fraction of sp³-hybridized carbons (Fsp3) is 0.523. The summed E-state index contributed by atoms with van der Waals surface area (Å²) in [6.45, 7) is 21.6. The molecule has 3 atom stereocenters. The van der Waals surface area contributed by atoms with Crippen LogP contribution in [0.5, 0.6) is 17.2 Å². The number of carbonyl (C=O) groups excluding carboxylic acids is 7. The van der Waals surface area contributed by atoms with Gasteiger partial charge in [-0.1, -0.05) is 49.1 Å². The second kappa shape index (κ2) is 32.4. The van der Waals surface area contributed by atoms with Gasteiger partial charge in [-0.15, -0.1) is 11.6 Å². The Bertz CT molecular complexity index is 3210. The maximum Gasteiger partial charge on any atom is 0.531 e. The van der Waals surface area contributed by atoms with Crippen LogP contribution in [0.3, 0.4) is 0 Å². The molecule has 0 bridgehead atoms. The van der Waals surface area contributed by atoms with Crippen molar-refractivity contribution in [3.63, 3.8) is 0 Å². The molecule has 90 heavy (non-hydrogen) atoms. The number of alkyl carbamates (subject to hydrolysis) is 2. The number of carbonyl (C=O) groups is 7. The Kier molecular flexibility index (Phi) is 25.8. The summed E-state index contributed by atoms with van der Waals surface area (Å²) < 4.78 is 65.8. The average Bonchev–Trinajstić information content (AvgIpc) is 1.53. The van der Waals surface area contributed by atoms with Crippen molar-refractivity contribution in [2.45, 2.75) is 168 Å². The number of hydrogen-bond acceptors (Lipinski definition) is 17. The summed E-state index contributed by atoms with van der Waals surface area (Å²) in [7, 11) is -2.80. The van der Waals surface area contributed by atoms with E-state index in [1.807, 2.05) is 24.3 Å². The molecule has 0 unspecified atom stereocenters. The summed E-state index contributed by atoms with van der Waals surface area (Å²) in [5.74, 6) is -0.849. The van der Waals surface area contributed by atoms with E-state index in [9.17, 15) is 38.1 Å². The van der Waals surface area contributed by atoms with E-state index in [1.165, 1.54) is 32.2 Å². The number of anilines is 3. The lowest BCUT2D eigenvalue weighted by atomic mass is 9.95. The summed E-state index contributed by atoms with van der Waals surface area (Å²) in [5, 5.41) is 12.2. The van der Waals surface area contributed by atoms with Crippen LogP contribution in [0.1, 0.15) is 154 Å². The second-order valence-corrected chi connectivity index (χ2v) is 26.6. The van der Waals surface area contributed by atoms with Crippen molar-refractivity contribution in [3.8, 4) is 17.2 Å². The predicted molar refractivity (Wildman–Crippen MR) is 343 cm³/mol. The quantitative estimate of drug-likeness (QED) is 0.00982. The first-order valence-electron chi connectivity index (χ1n) is 30.3. The van der Waals surface area contributed by atoms with Crippen LogP contribution in [0.15, 0.2) is 79.4 Å². The number of ether oxygens (including phenoxy) is 6. The Labute approximate surface area is 532 Å². The number of halogens is 1. The molecule has 2 heterocycles. The van der Waals surface area contributed by atoms with Gasteiger partial charge in [0.25, 0.3) is 5.91 Å². The Hall–Kier alpha value is -7.59. The predicted octanol–water partition coefficient (Wildman–Crippen LogP) is 13.1. The molecule has 1 saturated heterocycles. The van der Waals surface area contributed by atoms with Gasteiger partial charge in [0.05, 0.1) is 47.9 Å². The summed E-state index contributed by atoms with van der Waals surface area (Å²) in [4.78, 5) is 95.4. The van der Waals surface area contributed by atoms with Crippen molar-refractivity contribution >= 4 is 89.2 Å². The van der Waals surface area contributed by atoms with Gasteiger partial charge in [0.2, 0.25) is 11.8 Å². The number of unbranched alkanes of at least 4 members (excludes halogenated alkanes) is 3. The third-order valence-electron chi connectivity index (χ3n) is 13.9. The number of esters is 1. The van der Waals surface area contributed by atoms with Gasteiger partial charge in [0, 0.05) is 68.0 Å². The number of benzene rings is 4. The summed E-state index contributed by atoms with van der Waals surface area (Å²) in [5.41, 5.74) is 0.132. The number of phosphoric acid groups is 1. The zero-order valence-electron chi connectivity index (χ0n) is 53.5. The van der Waals surface area contributed by atoms with Crippen LogP contribution in [0.2, 0.25) is 0 Å². The van der Waals surface area contributed by atoms with Gasteiger partial charge in [-0.2, -0.15) is 0 Å². The fourth-order valence-corrected chi connectivity index (χ4v) is 12.2. The number of phosphoric ester groups is 1. The van der Waals surface area contributed by atoms with E-state index in [-0.39, 0.29) is 92.0 Å². The van der Waals surface area contributed by atoms with E-state index in [4.69, 9.17) is 53.6 Å². The van der Waals surface area contributed by atoms with Gasteiger partial charge >= 0.3 is 32.1 Å². The van der Waals surface area contributed by atoms with E-state index >= 15 is 0 Å². The molecule has 0 aromatic heterocycles. The third-order valence-corrected chi connectivity index (χ3v) is 16.2. The number of nitrogens with one attached hydrogen (secondary N) is 4. The lowest BCUT2D eigenvalue weighted by Crippen LogP contribution is -2.44. The largest absolute Gasteiger partial charge is 0.531 e. The molecule has 25 heteroatoms. The van der Waals surface area contributed by atoms with Crippen LogP contribution in [0, 0.1) is 0 Å². The standard InChI is InChI=1S/C65H88ClN6O17P/c1-13-33-83-61(78)69-50(25-18-19-31-67-60(77)86-63(3,4)5)58(75)68-45-29-27-43(28-30-45)40-85-62(79)70-51-36-55(54(81-12)35-49(51)59(76)71-32-21-22-46(71)41-84-42(2)73)82-34-20-14-15-26-56(74)72-39-44(38-66)57-48-24-17-16-23-47(48)53(37-52(57)72)87-90(80,88-64(6,7)8)89-65(9,10)11/h13,16-17,23-24,27-30,35-37,44,46,50H,1,14-15,18-22,25-26,31-34,38-41H2,2-12H3,(H,67,77)(H,68,75)(H,69,78)(H,70,79)/t44-,46+,50+/m1/s1. The molecule has 23 nitrogen and oxygen atoms in total. The van der Waals surface area contributed by atoms with Crippen LogP contribution < -0.4 is 40.2 Å². The number of likely N-dealkylation sites (tertiary alicyclic amines) is 1. The van der Waals surface area contributed by atoms with Crippen molar-refractivity contribution in [1.29, 1.82) is 0 Å². The van der Waals surface area contributed by atoms with E-state index in [1.54, 1.807) is 102 Å². The maximum absolute atomic E-state index is 14.4. The van der Waals surface area contributed by atoms with Crippen molar-refractivity contribution in [1.82, 2.24) is 15.5 Å². The molecule has 0 radical (unpaired) electrons. The van der Waals surface area contributed by atoms with Crippen LogP contribution in [0.25, 0.3) is 10.8 Å². The smallest absolute Gasteiger partial charge is 0.493 e. The zero-order valence-corrected chi connectivity index (χ0v) is 55.2. The van der Waals surface area contributed by atoms with Crippen LogP contribution in [0.4, 0.5) is 31.4 Å². The first kappa shape index (κ1) is 71.5. The normalized spacial score (nSPS) is 15.2. The minimum Gasteiger partial charge on any atom is -0.493 e. The number of fused-ring (bicyclic) bond motifs is 3. The zero-order chi connectivity index (χ0) is 66.0. The van der Waals surface area contributed by atoms with Crippen LogP contribution in [-0.2, 0) is 53.6 Å². The highest BCUT2D eigenvalue weighted by atomic mass is 35.5. The fourth-order valence-electron chi connectivity index (χ4n) is 10.1. The van der Waals surface area contributed by atoms with Crippen molar-refractivity contribution in [2.24, 2.45) is 0 Å². The summed E-state index contributed by atoms with van der Waals surface area (Å²) >= 11 is 6.58. The molecule has 6 rings (SSSR count). The van der Waals surface area contributed by atoms with E-state index < -0.39 is 72.8 Å². The molecule has 0 spiro atoms. The van der Waals surface area contributed by atoms with Gasteiger partial charge in [-0.25, -0.2) is 18.9 Å². The monoisotopic (exact) mass is 1290 g/mol. The van der Waals surface area contributed by atoms with E-state index in [2.05, 4.69) is 27.8 Å². The molecule has 492 valence electrons. The van der Waals surface area contributed by atoms with Gasteiger partial charge in [0.15, 0.2) is 11.5 Å². The number of rotatable bonds is 29. The number of amides is 6. The number of nitrogens with zero attached hydrogens (tertiary/aromatic N) is 2. The first-order chi connectivity index (χ1) is 42.5. The third kappa shape index (κ3) is 21.8. The van der Waals surface area contributed by atoms with Crippen molar-refractivity contribution < 1.29 is 80.1 Å². The highest BCUT2D eigenvalue weighted by Gasteiger charge is 2.41. The Balaban J connectivity index is 1.10. The van der Waals surface area contributed by atoms with Gasteiger partial charge in [-0.05, 0) is 148 Å². The van der Waals surface area contributed by atoms with Gasteiger partial charge in [-0.3, -0.25) is 33.5 Å². The molecular formula is C65H88ClN6O17P. The highest BCUT2D eigenvalue weighted by Crippen LogP contribution is 2.57. The van der Waals surface area contributed by atoms with Crippen LogP contribution in [-0.4, -0.2) is 128 Å². The molecule has 1 fully saturated rings. The molecular weight excluding hydrogens is 1200 g/mol. The molecule has 6 amide bonds. The molecule has 0 aliphatic carbocycles. The SMILES string of the molecule is C=CCOC(=O)N[C@@H](CCCCNC(=O)OC(C)(C)C)C(=O)Nc1ccc(COC(=O)Nc2cc(OCCCCCC(=O)N3C[C@@H](CCl)c4c3cc(OP(=O)(OC(C)(C)C)OC(C)(C)C)c3ccccc43)c(OC)cc2C(=O)N2CCC[C@H]2COC(C)=O)cc1.